The third kappa shape index (κ3) is 5.64. The van der Waals surface area contributed by atoms with E-state index in [9.17, 15) is 8.42 Å². The number of sulfone groups is 1. The Hall–Kier alpha value is -0.880. The van der Waals surface area contributed by atoms with Gasteiger partial charge in [-0.25, -0.2) is 8.42 Å². The lowest BCUT2D eigenvalue weighted by Crippen LogP contribution is -2.13. The maximum absolute atomic E-state index is 11.3. The lowest BCUT2D eigenvalue weighted by molar-refractivity contribution is 0.573. The Morgan fingerprint density at radius 2 is 2.17 bits per heavy atom. The highest BCUT2D eigenvalue weighted by Crippen LogP contribution is 2.00. The molecule has 0 amide bonds. The maximum atomic E-state index is 11.3. The second-order valence-electron chi connectivity index (χ2n) is 4.38. The highest BCUT2D eigenvalue weighted by atomic mass is 32.2. The summed E-state index contributed by atoms with van der Waals surface area (Å²) in [6.45, 7) is 6.29. The van der Waals surface area contributed by atoms with Crippen LogP contribution in [-0.4, -0.2) is 36.2 Å². The van der Waals surface area contributed by atoms with E-state index in [4.69, 9.17) is 0 Å². The third-order valence-electron chi connectivity index (χ3n) is 2.73. The molecule has 104 valence electrons. The van der Waals surface area contributed by atoms with Gasteiger partial charge in [-0.05, 0) is 19.4 Å². The van der Waals surface area contributed by atoms with Gasteiger partial charge in [0.15, 0.2) is 0 Å². The smallest absolute Gasteiger partial charge is 0.150 e. The number of nitrogens with one attached hydrogen (secondary N) is 1. The summed E-state index contributed by atoms with van der Waals surface area (Å²) in [5, 5.41) is 7.53. The summed E-state index contributed by atoms with van der Waals surface area (Å²) in [5.41, 5.74) is 1.14. The van der Waals surface area contributed by atoms with Crippen LogP contribution in [0, 0.1) is 0 Å². The largest absolute Gasteiger partial charge is 0.313 e. The van der Waals surface area contributed by atoms with Gasteiger partial charge in [0.25, 0.3) is 0 Å². The first-order valence-corrected chi connectivity index (χ1v) is 8.32. The first-order valence-electron chi connectivity index (χ1n) is 6.50. The second kappa shape index (κ2) is 7.53. The van der Waals surface area contributed by atoms with E-state index in [0.29, 0.717) is 13.0 Å². The van der Waals surface area contributed by atoms with Gasteiger partial charge in [0.05, 0.1) is 11.9 Å². The van der Waals surface area contributed by atoms with Crippen LogP contribution in [0.2, 0.25) is 0 Å². The number of aromatic nitrogens is 2. The molecule has 0 aromatic carbocycles. The topological polar surface area (TPSA) is 64.0 Å². The Bertz CT molecular complexity index is 440. The summed E-state index contributed by atoms with van der Waals surface area (Å²) in [5.74, 6) is 0.463. The van der Waals surface area contributed by atoms with Gasteiger partial charge in [0.1, 0.15) is 9.84 Å². The Morgan fingerprint density at radius 3 is 2.83 bits per heavy atom. The fraction of sp³-hybridized carbons (Fsp3) is 0.750. The van der Waals surface area contributed by atoms with Crippen molar-refractivity contribution in [2.45, 2.75) is 39.8 Å². The molecule has 6 heteroatoms. The quantitative estimate of drug-likeness (QED) is 0.687. The number of aryl methyl sites for hydroxylation is 1. The molecule has 0 aliphatic carbocycles. The average Bonchev–Trinajstić information content (AvgIpc) is 2.77. The van der Waals surface area contributed by atoms with E-state index in [0.717, 1.165) is 25.1 Å². The zero-order valence-corrected chi connectivity index (χ0v) is 12.0. The van der Waals surface area contributed by atoms with Crippen LogP contribution in [0.5, 0.6) is 0 Å². The first kappa shape index (κ1) is 15.2. The number of nitrogens with zero attached hydrogens (tertiary/aromatic N) is 2. The molecule has 0 bridgehead atoms. The number of hydrogen-bond acceptors (Lipinski definition) is 4. The van der Waals surface area contributed by atoms with Crippen LogP contribution in [0.3, 0.4) is 0 Å². The molecular weight excluding hydrogens is 250 g/mol. The van der Waals surface area contributed by atoms with Crippen molar-refractivity contribution in [3.05, 3.63) is 18.0 Å². The molecule has 18 heavy (non-hydrogen) atoms. The number of rotatable bonds is 9. The van der Waals surface area contributed by atoms with Crippen molar-refractivity contribution < 1.29 is 8.42 Å². The minimum absolute atomic E-state index is 0.221. The lowest BCUT2D eigenvalue weighted by Gasteiger charge is -2.02. The van der Waals surface area contributed by atoms with Gasteiger partial charge in [0, 0.05) is 30.6 Å². The van der Waals surface area contributed by atoms with Crippen LogP contribution < -0.4 is 5.32 Å². The standard InChI is InChI=1S/C12H23N3O2S/c1-3-6-13-9-12-10-14-15(11-12)7-5-8-18(16,17)4-2/h10-11,13H,3-9H2,1-2H3. The van der Waals surface area contributed by atoms with Crippen molar-refractivity contribution >= 4 is 9.84 Å². The molecule has 0 saturated carbocycles. The SMILES string of the molecule is CCCNCc1cnn(CCCS(=O)(=O)CC)c1. The van der Waals surface area contributed by atoms with E-state index >= 15 is 0 Å². The molecule has 0 aliphatic rings. The first-order chi connectivity index (χ1) is 8.57. The van der Waals surface area contributed by atoms with Crippen molar-refractivity contribution in [2.75, 3.05) is 18.1 Å². The van der Waals surface area contributed by atoms with Gasteiger partial charge in [-0.15, -0.1) is 0 Å². The predicted molar refractivity (Wildman–Crippen MR) is 73.2 cm³/mol. The monoisotopic (exact) mass is 273 g/mol. The van der Waals surface area contributed by atoms with Gasteiger partial charge < -0.3 is 5.32 Å². The third-order valence-corrected chi connectivity index (χ3v) is 4.52. The van der Waals surface area contributed by atoms with Crippen molar-refractivity contribution in [2.24, 2.45) is 0 Å². The Kier molecular flexibility index (Phi) is 6.35. The molecule has 1 N–H and O–H groups in total. The van der Waals surface area contributed by atoms with Crippen LogP contribution >= 0.6 is 0 Å². The fourth-order valence-corrected chi connectivity index (χ4v) is 2.48. The van der Waals surface area contributed by atoms with Crippen molar-refractivity contribution in [1.82, 2.24) is 15.1 Å². The van der Waals surface area contributed by atoms with E-state index in [1.807, 2.05) is 17.1 Å². The molecule has 1 rings (SSSR count). The van der Waals surface area contributed by atoms with Gasteiger partial charge >= 0.3 is 0 Å². The maximum Gasteiger partial charge on any atom is 0.150 e. The van der Waals surface area contributed by atoms with E-state index in [-0.39, 0.29) is 11.5 Å². The van der Waals surface area contributed by atoms with Crippen LogP contribution in [0.4, 0.5) is 0 Å². The van der Waals surface area contributed by atoms with Gasteiger partial charge in [-0.3, -0.25) is 4.68 Å². The van der Waals surface area contributed by atoms with Crippen molar-refractivity contribution in [3.8, 4) is 0 Å². The normalized spacial score (nSPS) is 11.9. The van der Waals surface area contributed by atoms with Crippen molar-refractivity contribution in [1.29, 1.82) is 0 Å². The summed E-state index contributed by atoms with van der Waals surface area (Å²) in [6.07, 6.45) is 5.54. The second-order valence-corrected chi connectivity index (χ2v) is 6.85. The molecule has 0 saturated heterocycles. The Labute approximate surface area is 109 Å². The molecule has 1 aromatic rings. The van der Waals surface area contributed by atoms with Gasteiger partial charge in [-0.1, -0.05) is 13.8 Å². The molecule has 0 fully saturated rings. The molecule has 0 unspecified atom stereocenters. The van der Waals surface area contributed by atoms with E-state index in [1.54, 1.807) is 6.92 Å². The average molecular weight is 273 g/mol. The van der Waals surface area contributed by atoms with E-state index < -0.39 is 9.84 Å². The summed E-state index contributed by atoms with van der Waals surface area (Å²) < 4.78 is 24.5. The Balaban J connectivity index is 2.31. The predicted octanol–water partition coefficient (Wildman–Crippen LogP) is 1.21. The molecule has 0 aliphatic heterocycles. The van der Waals surface area contributed by atoms with Crippen LogP contribution in [-0.2, 0) is 22.9 Å². The fourth-order valence-electron chi connectivity index (χ4n) is 1.62. The lowest BCUT2D eigenvalue weighted by atomic mass is 10.3. The van der Waals surface area contributed by atoms with Crippen LogP contribution in [0.25, 0.3) is 0 Å². The number of hydrogen-bond donors (Lipinski definition) is 1. The highest BCUT2D eigenvalue weighted by molar-refractivity contribution is 7.91. The molecule has 0 radical (unpaired) electrons. The van der Waals surface area contributed by atoms with E-state index in [1.165, 1.54) is 0 Å². The molecule has 5 nitrogen and oxygen atoms in total. The molecule has 0 spiro atoms. The summed E-state index contributed by atoms with van der Waals surface area (Å²) in [7, 11) is -2.85. The zero-order chi connectivity index (χ0) is 13.4. The Morgan fingerprint density at radius 1 is 1.39 bits per heavy atom. The van der Waals surface area contributed by atoms with Crippen molar-refractivity contribution in [3.63, 3.8) is 0 Å². The molecule has 1 aromatic heterocycles. The summed E-state index contributed by atoms with van der Waals surface area (Å²) >= 11 is 0. The summed E-state index contributed by atoms with van der Waals surface area (Å²) in [4.78, 5) is 0. The van der Waals surface area contributed by atoms with Gasteiger partial charge in [0.2, 0.25) is 0 Å². The van der Waals surface area contributed by atoms with E-state index in [2.05, 4.69) is 17.3 Å². The minimum atomic E-state index is -2.85. The molecule has 0 atom stereocenters. The highest BCUT2D eigenvalue weighted by Gasteiger charge is 2.07. The zero-order valence-electron chi connectivity index (χ0n) is 11.2. The molecular formula is C12H23N3O2S. The van der Waals surface area contributed by atoms with Gasteiger partial charge in [-0.2, -0.15) is 5.10 Å². The van der Waals surface area contributed by atoms with Crippen LogP contribution in [0.15, 0.2) is 12.4 Å². The minimum Gasteiger partial charge on any atom is -0.313 e. The van der Waals surface area contributed by atoms with Crippen LogP contribution in [0.1, 0.15) is 32.3 Å². The molecule has 1 heterocycles. The summed E-state index contributed by atoms with van der Waals surface area (Å²) in [6, 6.07) is 0.